The molecule has 0 unspecified atom stereocenters. The zero-order chi connectivity index (χ0) is 24.6. The molecule has 8 heteroatoms. The van der Waals surface area contributed by atoms with Gasteiger partial charge in [-0.25, -0.2) is 13.9 Å². The number of benzene rings is 2. The molecule has 0 spiro atoms. The summed E-state index contributed by atoms with van der Waals surface area (Å²) >= 11 is 0. The van der Waals surface area contributed by atoms with Gasteiger partial charge in [-0.2, -0.15) is 15.3 Å². The quantitative estimate of drug-likeness (QED) is 0.316. The molecule has 0 saturated carbocycles. The van der Waals surface area contributed by atoms with Crippen molar-refractivity contribution in [2.75, 3.05) is 19.6 Å². The van der Waals surface area contributed by atoms with E-state index in [2.05, 4.69) is 32.1 Å². The summed E-state index contributed by atoms with van der Waals surface area (Å²) in [6, 6.07) is 16.5. The molecule has 0 amide bonds. The molecule has 3 aromatic heterocycles. The van der Waals surface area contributed by atoms with Crippen molar-refractivity contribution in [3.8, 4) is 22.8 Å². The highest BCUT2D eigenvalue weighted by Crippen LogP contribution is 2.33. The second-order valence-corrected chi connectivity index (χ2v) is 9.33. The van der Waals surface area contributed by atoms with E-state index in [4.69, 9.17) is 4.74 Å². The summed E-state index contributed by atoms with van der Waals surface area (Å²) in [6.45, 7) is 7.22. The zero-order valence-electron chi connectivity index (χ0n) is 20.4. The molecule has 4 heterocycles. The molecule has 6 rings (SSSR count). The Labute approximate surface area is 208 Å². The van der Waals surface area contributed by atoms with E-state index < -0.39 is 0 Å². The summed E-state index contributed by atoms with van der Waals surface area (Å²) in [5, 5.41) is 14.1. The van der Waals surface area contributed by atoms with Gasteiger partial charge in [-0.3, -0.25) is 0 Å². The first kappa shape index (κ1) is 22.5. The van der Waals surface area contributed by atoms with Crippen molar-refractivity contribution in [1.29, 1.82) is 0 Å². The molecule has 182 valence electrons. The summed E-state index contributed by atoms with van der Waals surface area (Å²) in [7, 11) is 0. The van der Waals surface area contributed by atoms with Crippen LogP contribution in [0.3, 0.4) is 0 Å². The van der Waals surface area contributed by atoms with Gasteiger partial charge in [0.2, 0.25) is 0 Å². The van der Waals surface area contributed by atoms with E-state index in [1.54, 1.807) is 10.6 Å². The van der Waals surface area contributed by atoms with Crippen LogP contribution in [0, 0.1) is 12.7 Å². The van der Waals surface area contributed by atoms with E-state index in [1.807, 2.05) is 55.6 Å². The highest BCUT2D eigenvalue weighted by atomic mass is 19.1. The molecule has 0 radical (unpaired) electrons. The maximum absolute atomic E-state index is 15.4. The van der Waals surface area contributed by atoms with Crippen molar-refractivity contribution in [1.82, 2.24) is 29.7 Å². The van der Waals surface area contributed by atoms with Gasteiger partial charge in [0.25, 0.3) is 0 Å². The Morgan fingerprint density at radius 2 is 1.83 bits per heavy atom. The van der Waals surface area contributed by atoms with Gasteiger partial charge < -0.3 is 9.64 Å². The minimum Gasteiger partial charge on any atom is -0.453 e. The van der Waals surface area contributed by atoms with Gasteiger partial charge in [0.1, 0.15) is 11.6 Å². The average molecular weight is 483 g/mol. The number of para-hydroxylation sites is 1. The number of rotatable bonds is 5. The first-order valence-corrected chi connectivity index (χ1v) is 12.4. The van der Waals surface area contributed by atoms with Crippen molar-refractivity contribution in [2.24, 2.45) is 0 Å². The Morgan fingerprint density at radius 3 is 2.61 bits per heavy atom. The smallest absolute Gasteiger partial charge is 0.197 e. The Bertz CT molecular complexity index is 1540. The predicted octanol–water partition coefficient (Wildman–Crippen LogP) is 5.78. The largest absolute Gasteiger partial charge is 0.453 e. The lowest BCUT2D eigenvalue weighted by molar-refractivity contribution is 0.220. The van der Waals surface area contributed by atoms with Crippen LogP contribution in [0.2, 0.25) is 0 Å². The summed E-state index contributed by atoms with van der Waals surface area (Å²) < 4.78 is 23.2. The lowest BCUT2D eigenvalue weighted by Crippen LogP contribution is -2.32. The number of nitrogens with zero attached hydrogens (tertiary/aromatic N) is 6. The number of imidazole rings is 1. The van der Waals surface area contributed by atoms with Crippen LogP contribution in [0.15, 0.2) is 60.8 Å². The van der Waals surface area contributed by atoms with E-state index >= 15 is 4.39 Å². The SMILES string of the molecule is CCN1CCC(c2cc3c(F)cc(-c4cc(Oc5ccccc5)c5nc(C)cn5n4)cc3nn2)CC1. The molecule has 36 heavy (non-hydrogen) atoms. The Morgan fingerprint density at radius 1 is 1.03 bits per heavy atom. The Balaban J connectivity index is 1.38. The van der Waals surface area contributed by atoms with Gasteiger partial charge in [0.05, 0.1) is 28.8 Å². The molecule has 0 aliphatic carbocycles. The number of fused-ring (bicyclic) bond motifs is 2. The van der Waals surface area contributed by atoms with Crippen LogP contribution >= 0.6 is 0 Å². The molecule has 5 aromatic rings. The fourth-order valence-electron chi connectivity index (χ4n) is 4.90. The molecule has 1 aliphatic heterocycles. The molecular weight excluding hydrogens is 455 g/mol. The number of aryl methyl sites for hydroxylation is 1. The maximum atomic E-state index is 15.4. The van der Waals surface area contributed by atoms with Crippen molar-refractivity contribution in [3.05, 3.63) is 78.0 Å². The van der Waals surface area contributed by atoms with Crippen LogP contribution < -0.4 is 4.74 Å². The minimum absolute atomic E-state index is 0.315. The van der Waals surface area contributed by atoms with Gasteiger partial charge in [0.15, 0.2) is 11.4 Å². The van der Waals surface area contributed by atoms with Crippen LogP contribution in [-0.2, 0) is 0 Å². The Hall–Kier alpha value is -3.91. The van der Waals surface area contributed by atoms with Crippen LogP contribution in [0.4, 0.5) is 4.39 Å². The summed E-state index contributed by atoms with van der Waals surface area (Å²) in [5.41, 5.74) is 3.95. The number of likely N-dealkylation sites (tertiary alicyclic amines) is 1. The normalized spacial score (nSPS) is 15.1. The molecule has 7 nitrogen and oxygen atoms in total. The predicted molar refractivity (Wildman–Crippen MR) is 137 cm³/mol. The highest BCUT2D eigenvalue weighted by molar-refractivity contribution is 5.84. The summed E-state index contributed by atoms with van der Waals surface area (Å²) in [6.07, 6.45) is 3.86. The molecule has 1 saturated heterocycles. The van der Waals surface area contributed by atoms with Crippen molar-refractivity contribution in [3.63, 3.8) is 0 Å². The molecule has 2 aromatic carbocycles. The highest BCUT2D eigenvalue weighted by Gasteiger charge is 2.22. The number of aromatic nitrogens is 5. The number of halogens is 1. The second-order valence-electron chi connectivity index (χ2n) is 9.33. The van der Waals surface area contributed by atoms with E-state index in [0.29, 0.717) is 45.2 Å². The third-order valence-electron chi connectivity index (χ3n) is 6.91. The minimum atomic E-state index is -0.334. The molecule has 1 fully saturated rings. The molecule has 1 aliphatic rings. The van der Waals surface area contributed by atoms with Crippen LogP contribution in [0.1, 0.15) is 37.1 Å². The molecular formula is C28H27FN6O. The molecule has 0 bridgehead atoms. The molecule has 0 N–H and O–H groups in total. The zero-order valence-corrected chi connectivity index (χ0v) is 20.4. The Kier molecular flexibility index (Phi) is 5.81. The average Bonchev–Trinajstić information content (AvgIpc) is 3.29. The first-order valence-electron chi connectivity index (χ1n) is 12.4. The number of hydrogen-bond acceptors (Lipinski definition) is 6. The number of hydrogen-bond donors (Lipinski definition) is 0. The van der Waals surface area contributed by atoms with Gasteiger partial charge in [-0.15, -0.1) is 0 Å². The summed E-state index contributed by atoms with van der Waals surface area (Å²) in [5.74, 6) is 1.21. The number of piperidine rings is 1. The van der Waals surface area contributed by atoms with Crippen molar-refractivity contribution in [2.45, 2.75) is 32.6 Å². The monoisotopic (exact) mass is 482 g/mol. The van der Waals surface area contributed by atoms with E-state index in [9.17, 15) is 0 Å². The standard InChI is InChI=1S/C28H27FN6O/c1-3-34-11-9-19(10-12-34)24-15-22-23(29)13-20(14-26(22)32-31-24)25-16-27(36-21-7-5-4-6-8-21)28-30-18(2)17-35(28)33-25/h4-8,13-17,19H,3,9-12H2,1-2H3. The third kappa shape index (κ3) is 4.28. The second kappa shape index (κ2) is 9.28. The van der Waals surface area contributed by atoms with Gasteiger partial charge in [0, 0.05) is 22.9 Å². The fraction of sp³-hybridized carbons (Fsp3) is 0.286. The van der Waals surface area contributed by atoms with Gasteiger partial charge >= 0.3 is 0 Å². The van der Waals surface area contributed by atoms with E-state index in [-0.39, 0.29) is 5.82 Å². The van der Waals surface area contributed by atoms with Gasteiger partial charge in [-0.05, 0) is 69.7 Å². The van der Waals surface area contributed by atoms with Crippen LogP contribution in [-0.4, -0.2) is 49.3 Å². The molecule has 0 atom stereocenters. The maximum Gasteiger partial charge on any atom is 0.197 e. The van der Waals surface area contributed by atoms with Gasteiger partial charge in [-0.1, -0.05) is 25.1 Å². The first-order chi connectivity index (χ1) is 17.6. The summed E-state index contributed by atoms with van der Waals surface area (Å²) in [4.78, 5) is 6.98. The number of ether oxygens (including phenoxy) is 1. The van der Waals surface area contributed by atoms with Crippen molar-refractivity contribution < 1.29 is 9.13 Å². The lowest BCUT2D eigenvalue weighted by atomic mass is 9.92. The topological polar surface area (TPSA) is 68.4 Å². The van der Waals surface area contributed by atoms with E-state index in [1.165, 1.54) is 6.07 Å². The van der Waals surface area contributed by atoms with Crippen LogP contribution in [0.5, 0.6) is 11.5 Å². The lowest BCUT2D eigenvalue weighted by Gasteiger charge is -2.30. The van der Waals surface area contributed by atoms with Crippen molar-refractivity contribution >= 4 is 16.6 Å². The van der Waals surface area contributed by atoms with E-state index in [0.717, 1.165) is 43.9 Å². The fourth-order valence-corrected chi connectivity index (χ4v) is 4.90. The van der Waals surface area contributed by atoms with Crippen LogP contribution in [0.25, 0.3) is 27.8 Å². The third-order valence-corrected chi connectivity index (χ3v) is 6.91.